The third kappa shape index (κ3) is 5.89. The van der Waals surface area contributed by atoms with Crippen LogP contribution in [0.2, 0.25) is 0 Å². The van der Waals surface area contributed by atoms with E-state index in [1.807, 2.05) is 11.0 Å². The first kappa shape index (κ1) is 19.5. The summed E-state index contributed by atoms with van der Waals surface area (Å²) in [6, 6.07) is 10.6. The third-order valence-corrected chi connectivity index (χ3v) is 5.07. The van der Waals surface area contributed by atoms with Crippen LogP contribution < -0.4 is 0 Å². The number of nitrogens with zero attached hydrogens (tertiary/aromatic N) is 3. The molecule has 0 aliphatic carbocycles. The second-order valence-electron chi connectivity index (χ2n) is 7.12. The molecule has 1 aliphatic heterocycles. The van der Waals surface area contributed by atoms with E-state index in [1.165, 1.54) is 5.56 Å². The van der Waals surface area contributed by atoms with Crippen LogP contribution in [0, 0.1) is 0 Å². The quantitative estimate of drug-likeness (QED) is 0.677. The van der Waals surface area contributed by atoms with Crippen LogP contribution in [0.4, 0.5) is 0 Å². The maximum Gasteiger partial charge on any atom is 0.223 e. The fraction of sp³-hybridized carbons (Fsp3) is 0.571. The number of rotatable bonds is 9. The summed E-state index contributed by atoms with van der Waals surface area (Å²) in [7, 11) is 1.69. The van der Waals surface area contributed by atoms with Crippen molar-refractivity contribution in [1.82, 2.24) is 15.1 Å². The van der Waals surface area contributed by atoms with Gasteiger partial charge in [0.05, 0.1) is 12.6 Å². The van der Waals surface area contributed by atoms with Crippen molar-refractivity contribution in [3.63, 3.8) is 0 Å². The summed E-state index contributed by atoms with van der Waals surface area (Å²) < 4.78 is 11.0. The summed E-state index contributed by atoms with van der Waals surface area (Å²) >= 11 is 0. The van der Waals surface area contributed by atoms with Gasteiger partial charge in [-0.1, -0.05) is 30.3 Å². The van der Waals surface area contributed by atoms with Crippen LogP contribution >= 0.6 is 0 Å². The molecule has 1 fully saturated rings. The Balaban J connectivity index is 1.42. The van der Waals surface area contributed by atoms with Gasteiger partial charge in [-0.05, 0) is 37.7 Å². The Morgan fingerprint density at radius 1 is 1.15 bits per heavy atom. The highest BCUT2D eigenvalue weighted by atomic mass is 16.5. The Morgan fingerprint density at radius 2 is 1.93 bits per heavy atom. The molecule has 1 aliphatic rings. The van der Waals surface area contributed by atoms with Crippen LogP contribution in [0.25, 0.3) is 0 Å². The first-order valence-electron chi connectivity index (χ1n) is 9.90. The molecular weight excluding hydrogens is 342 g/mol. The van der Waals surface area contributed by atoms with Crippen molar-refractivity contribution < 1.29 is 13.9 Å². The zero-order valence-corrected chi connectivity index (χ0v) is 16.1. The molecule has 1 atom stereocenters. The zero-order valence-electron chi connectivity index (χ0n) is 16.1. The minimum Gasteiger partial charge on any atom is -0.425 e. The van der Waals surface area contributed by atoms with Crippen LogP contribution in [0.15, 0.2) is 34.7 Å². The van der Waals surface area contributed by atoms with E-state index in [-0.39, 0.29) is 11.9 Å². The lowest BCUT2D eigenvalue weighted by Crippen LogP contribution is -2.46. The molecule has 2 heterocycles. The Labute approximate surface area is 160 Å². The molecule has 6 nitrogen and oxygen atoms in total. The highest BCUT2D eigenvalue weighted by molar-refractivity contribution is 5.76. The number of carbonyl (C=O) groups excluding carboxylic acids is 1. The van der Waals surface area contributed by atoms with Crippen LogP contribution in [0.5, 0.6) is 0 Å². The number of hydrogen-bond donors (Lipinski definition) is 0. The smallest absolute Gasteiger partial charge is 0.223 e. The molecule has 27 heavy (non-hydrogen) atoms. The van der Waals surface area contributed by atoms with E-state index >= 15 is 0 Å². The molecule has 0 N–H and O–H groups in total. The number of likely N-dealkylation sites (tertiary alicyclic amines) is 1. The molecule has 146 valence electrons. The molecule has 0 saturated carbocycles. The van der Waals surface area contributed by atoms with Crippen LogP contribution in [0.1, 0.15) is 49.4 Å². The van der Waals surface area contributed by atoms with Crippen LogP contribution in [0.3, 0.4) is 0 Å². The van der Waals surface area contributed by atoms with Crippen LogP contribution in [-0.2, 0) is 28.8 Å². The predicted molar refractivity (Wildman–Crippen MR) is 102 cm³/mol. The van der Waals surface area contributed by atoms with Gasteiger partial charge in [0.25, 0.3) is 0 Å². The normalized spacial score (nSPS) is 17.2. The second-order valence-corrected chi connectivity index (χ2v) is 7.12. The first-order chi connectivity index (χ1) is 13.3. The molecular formula is C21H29N3O3. The van der Waals surface area contributed by atoms with Gasteiger partial charge in [-0.15, -0.1) is 10.2 Å². The summed E-state index contributed by atoms with van der Waals surface area (Å²) in [5, 5.41) is 8.22. The maximum absolute atomic E-state index is 12.6. The summed E-state index contributed by atoms with van der Waals surface area (Å²) in [5.74, 6) is 1.36. The van der Waals surface area contributed by atoms with Gasteiger partial charge in [-0.2, -0.15) is 0 Å². The van der Waals surface area contributed by atoms with Crippen molar-refractivity contribution in [1.29, 1.82) is 0 Å². The van der Waals surface area contributed by atoms with Gasteiger partial charge >= 0.3 is 0 Å². The van der Waals surface area contributed by atoms with Gasteiger partial charge in [0.2, 0.25) is 17.7 Å². The van der Waals surface area contributed by atoms with Crippen molar-refractivity contribution in [2.24, 2.45) is 0 Å². The molecule has 1 aromatic carbocycles. The Morgan fingerprint density at radius 3 is 2.70 bits per heavy atom. The van der Waals surface area contributed by atoms with E-state index < -0.39 is 0 Å². The lowest BCUT2D eigenvalue weighted by atomic mass is 10.0. The molecule has 6 heteroatoms. The number of methoxy groups -OCH3 is 1. The fourth-order valence-electron chi connectivity index (χ4n) is 3.63. The summed E-state index contributed by atoms with van der Waals surface area (Å²) in [4.78, 5) is 14.5. The minimum absolute atomic E-state index is 0.153. The molecule has 0 unspecified atom stereocenters. The summed E-state index contributed by atoms with van der Waals surface area (Å²) in [6.07, 6.45) is 6.88. The van der Waals surface area contributed by atoms with Crippen molar-refractivity contribution >= 4 is 5.91 Å². The molecule has 3 rings (SSSR count). The van der Waals surface area contributed by atoms with E-state index in [0.717, 1.165) is 45.1 Å². The van der Waals surface area contributed by atoms with Crippen molar-refractivity contribution in [3.8, 4) is 0 Å². The molecule has 2 aromatic rings. The molecule has 0 bridgehead atoms. The van der Waals surface area contributed by atoms with E-state index in [2.05, 4.69) is 34.5 Å². The fourth-order valence-corrected chi connectivity index (χ4v) is 3.63. The Kier molecular flexibility index (Phi) is 7.39. The van der Waals surface area contributed by atoms with Crippen LogP contribution in [-0.4, -0.2) is 47.3 Å². The standard InChI is InChI=1S/C21H29N3O3/c1-26-16-18-11-5-6-15-24(18)21(25)14-13-20-23-22-19(27-20)12-7-10-17-8-3-2-4-9-17/h2-4,8-9,18H,5-7,10-16H2,1H3/t18-/m1/s1. The van der Waals surface area contributed by atoms with E-state index in [1.54, 1.807) is 7.11 Å². The Hall–Kier alpha value is -2.21. The first-order valence-corrected chi connectivity index (χ1v) is 9.90. The van der Waals surface area contributed by atoms with Gasteiger partial charge in [0.15, 0.2) is 0 Å². The minimum atomic E-state index is 0.153. The maximum atomic E-state index is 12.6. The van der Waals surface area contributed by atoms with Gasteiger partial charge in [0.1, 0.15) is 0 Å². The van der Waals surface area contributed by atoms with Crippen molar-refractivity contribution in [3.05, 3.63) is 47.7 Å². The van der Waals surface area contributed by atoms with Gasteiger partial charge in [-0.25, -0.2) is 0 Å². The number of amides is 1. The molecule has 0 radical (unpaired) electrons. The third-order valence-electron chi connectivity index (χ3n) is 5.07. The molecule has 1 amide bonds. The molecule has 1 aromatic heterocycles. The average Bonchev–Trinajstić information content (AvgIpc) is 3.15. The molecule has 1 saturated heterocycles. The lowest BCUT2D eigenvalue weighted by Gasteiger charge is -2.35. The lowest BCUT2D eigenvalue weighted by molar-refractivity contribution is -0.136. The predicted octanol–water partition coefficient (Wildman–Crippen LogP) is 3.21. The summed E-state index contributed by atoms with van der Waals surface area (Å²) in [6.45, 7) is 1.43. The number of aryl methyl sites for hydroxylation is 3. The SMILES string of the molecule is COC[C@H]1CCCCN1C(=O)CCc1nnc(CCCc2ccccc2)o1. The largest absolute Gasteiger partial charge is 0.425 e. The second kappa shape index (κ2) is 10.2. The number of carbonyl (C=O) groups is 1. The number of benzene rings is 1. The number of piperidine rings is 1. The van der Waals surface area contributed by atoms with Gasteiger partial charge < -0.3 is 14.1 Å². The van der Waals surface area contributed by atoms with E-state index in [9.17, 15) is 4.79 Å². The van der Waals surface area contributed by atoms with E-state index in [0.29, 0.717) is 31.2 Å². The van der Waals surface area contributed by atoms with Gasteiger partial charge in [-0.3, -0.25) is 4.79 Å². The summed E-state index contributed by atoms with van der Waals surface area (Å²) in [5.41, 5.74) is 1.31. The van der Waals surface area contributed by atoms with E-state index in [4.69, 9.17) is 9.15 Å². The topological polar surface area (TPSA) is 68.5 Å². The highest BCUT2D eigenvalue weighted by Gasteiger charge is 2.26. The number of aromatic nitrogens is 2. The Bertz CT molecular complexity index is 700. The van der Waals surface area contributed by atoms with Crippen molar-refractivity contribution in [2.45, 2.75) is 57.4 Å². The zero-order chi connectivity index (χ0) is 18.9. The number of ether oxygens (including phenoxy) is 1. The van der Waals surface area contributed by atoms with Crippen molar-refractivity contribution in [2.75, 3.05) is 20.3 Å². The monoisotopic (exact) mass is 371 g/mol. The average molecular weight is 371 g/mol. The highest BCUT2D eigenvalue weighted by Crippen LogP contribution is 2.19. The van der Waals surface area contributed by atoms with Gasteiger partial charge in [0, 0.05) is 32.9 Å². The molecule has 0 spiro atoms. The number of hydrogen-bond acceptors (Lipinski definition) is 5.